The van der Waals surface area contributed by atoms with E-state index in [0.717, 1.165) is 43.9 Å². The van der Waals surface area contributed by atoms with Gasteiger partial charge in [0.1, 0.15) is 5.82 Å². The third-order valence-corrected chi connectivity index (χ3v) is 7.31. The summed E-state index contributed by atoms with van der Waals surface area (Å²) in [5.74, 6) is -1.40. The molecule has 0 saturated heterocycles. The second kappa shape index (κ2) is 9.00. The van der Waals surface area contributed by atoms with Gasteiger partial charge in [-0.2, -0.15) is 0 Å². The Morgan fingerprint density at radius 1 is 1.07 bits per heavy atom. The first kappa shape index (κ1) is 22.0. The molecule has 2 aromatic rings. The van der Waals surface area contributed by atoms with Crippen LogP contribution in [0.4, 0.5) is 10.1 Å². The molecular formula is C20H21Cl2FN2O3S. The molecule has 0 bridgehead atoms. The van der Waals surface area contributed by atoms with Crippen molar-refractivity contribution in [3.05, 3.63) is 57.8 Å². The van der Waals surface area contributed by atoms with Gasteiger partial charge >= 0.3 is 0 Å². The van der Waals surface area contributed by atoms with E-state index in [4.69, 9.17) is 23.2 Å². The van der Waals surface area contributed by atoms with Gasteiger partial charge in [0.15, 0.2) is 0 Å². The Labute approximate surface area is 179 Å². The standard InChI is InChI=1S/C20H21Cl2FN2O3S/c1-12-4-2-3-5-19(12)25-29(27,28)14-7-9-18(23)15(11-14)20(26)24-13-6-8-16(21)17(22)10-13/h6-12,19,25H,2-5H2,1H3,(H,24,26)/t12-,19-/m1/s1. The van der Waals surface area contributed by atoms with Crippen LogP contribution >= 0.6 is 23.2 Å². The van der Waals surface area contributed by atoms with Crippen molar-refractivity contribution in [2.45, 2.75) is 43.5 Å². The predicted octanol–water partition coefficient (Wildman–Crippen LogP) is 5.24. The van der Waals surface area contributed by atoms with Crippen molar-refractivity contribution in [1.82, 2.24) is 4.72 Å². The minimum absolute atomic E-state index is 0.157. The Balaban J connectivity index is 1.83. The van der Waals surface area contributed by atoms with Crippen molar-refractivity contribution >= 4 is 44.8 Å². The van der Waals surface area contributed by atoms with E-state index in [1.165, 1.54) is 18.2 Å². The molecule has 0 aromatic heterocycles. The number of benzene rings is 2. The normalized spacial score (nSPS) is 19.7. The minimum atomic E-state index is -3.89. The van der Waals surface area contributed by atoms with Gasteiger partial charge in [0.2, 0.25) is 10.0 Å². The van der Waals surface area contributed by atoms with Crippen molar-refractivity contribution in [2.24, 2.45) is 5.92 Å². The molecule has 0 aliphatic heterocycles. The van der Waals surface area contributed by atoms with Gasteiger partial charge in [-0.3, -0.25) is 4.79 Å². The molecule has 2 atom stereocenters. The molecular weight excluding hydrogens is 438 g/mol. The Morgan fingerprint density at radius 2 is 1.79 bits per heavy atom. The SMILES string of the molecule is C[C@@H]1CCCC[C@H]1NS(=O)(=O)c1ccc(F)c(C(=O)Nc2ccc(Cl)c(Cl)c2)c1. The molecule has 0 spiro atoms. The summed E-state index contributed by atoms with van der Waals surface area (Å²) in [4.78, 5) is 12.4. The van der Waals surface area contributed by atoms with Crippen molar-refractivity contribution < 1.29 is 17.6 Å². The van der Waals surface area contributed by atoms with Gasteiger partial charge in [-0.05, 0) is 55.2 Å². The molecule has 0 radical (unpaired) electrons. The Morgan fingerprint density at radius 3 is 2.48 bits per heavy atom. The molecule has 2 aromatic carbocycles. The van der Waals surface area contributed by atoms with Crippen molar-refractivity contribution in [3.63, 3.8) is 0 Å². The highest BCUT2D eigenvalue weighted by Gasteiger charge is 2.27. The van der Waals surface area contributed by atoms with Crippen LogP contribution in [0.2, 0.25) is 10.0 Å². The van der Waals surface area contributed by atoms with E-state index in [1.54, 1.807) is 0 Å². The number of nitrogens with one attached hydrogen (secondary N) is 2. The van der Waals surface area contributed by atoms with Gasteiger partial charge in [-0.15, -0.1) is 0 Å². The largest absolute Gasteiger partial charge is 0.322 e. The first-order valence-electron chi connectivity index (χ1n) is 9.25. The highest BCUT2D eigenvalue weighted by Crippen LogP contribution is 2.27. The van der Waals surface area contributed by atoms with Gasteiger partial charge < -0.3 is 5.32 Å². The average molecular weight is 459 g/mol. The van der Waals surface area contributed by atoms with Gasteiger partial charge in [-0.25, -0.2) is 17.5 Å². The van der Waals surface area contributed by atoms with Crippen LogP contribution in [0.25, 0.3) is 0 Å². The van der Waals surface area contributed by atoms with Gasteiger partial charge in [0.25, 0.3) is 5.91 Å². The summed E-state index contributed by atoms with van der Waals surface area (Å²) in [6.07, 6.45) is 3.74. The zero-order chi connectivity index (χ0) is 21.2. The van der Waals surface area contributed by atoms with E-state index in [9.17, 15) is 17.6 Å². The lowest BCUT2D eigenvalue weighted by Gasteiger charge is -2.29. The van der Waals surface area contributed by atoms with Crippen molar-refractivity contribution in [2.75, 3.05) is 5.32 Å². The molecule has 1 fully saturated rings. The molecule has 29 heavy (non-hydrogen) atoms. The van der Waals surface area contributed by atoms with Crippen LogP contribution in [0, 0.1) is 11.7 Å². The van der Waals surface area contributed by atoms with E-state index in [0.29, 0.717) is 10.7 Å². The number of carbonyl (C=O) groups excluding carboxylic acids is 1. The summed E-state index contributed by atoms with van der Waals surface area (Å²) in [5.41, 5.74) is -0.0677. The van der Waals surface area contributed by atoms with Crippen molar-refractivity contribution in [1.29, 1.82) is 0 Å². The number of hydrogen-bond donors (Lipinski definition) is 2. The fraction of sp³-hybridized carbons (Fsp3) is 0.350. The molecule has 9 heteroatoms. The highest BCUT2D eigenvalue weighted by molar-refractivity contribution is 7.89. The van der Waals surface area contributed by atoms with Crippen LogP contribution in [0.1, 0.15) is 43.0 Å². The summed E-state index contributed by atoms with van der Waals surface area (Å²) >= 11 is 11.8. The van der Waals surface area contributed by atoms with Crippen LogP contribution in [0.3, 0.4) is 0 Å². The smallest absolute Gasteiger partial charge is 0.258 e. The monoisotopic (exact) mass is 458 g/mol. The molecule has 2 N–H and O–H groups in total. The van der Waals surface area contributed by atoms with Crippen LogP contribution in [0.15, 0.2) is 41.3 Å². The minimum Gasteiger partial charge on any atom is -0.322 e. The van der Waals surface area contributed by atoms with Crippen molar-refractivity contribution in [3.8, 4) is 0 Å². The van der Waals surface area contributed by atoms with Crippen LogP contribution in [-0.2, 0) is 10.0 Å². The lowest BCUT2D eigenvalue weighted by Crippen LogP contribution is -2.41. The molecule has 1 amide bonds. The predicted molar refractivity (Wildman–Crippen MR) is 113 cm³/mol. The second-order valence-corrected chi connectivity index (χ2v) is 9.74. The van der Waals surface area contributed by atoms with E-state index in [-0.39, 0.29) is 27.4 Å². The number of halogens is 3. The third kappa shape index (κ3) is 5.28. The lowest BCUT2D eigenvalue weighted by molar-refractivity contribution is 0.102. The molecule has 156 valence electrons. The summed E-state index contributed by atoms with van der Waals surface area (Å²) in [6.45, 7) is 2.01. The van der Waals surface area contributed by atoms with Crippen LogP contribution < -0.4 is 10.0 Å². The maximum Gasteiger partial charge on any atom is 0.258 e. The number of hydrogen-bond acceptors (Lipinski definition) is 3. The lowest BCUT2D eigenvalue weighted by atomic mass is 9.87. The fourth-order valence-corrected chi connectivity index (χ4v) is 5.08. The van der Waals surface area contributed by atoms with Crippen LogP contribution in [-0.4, -0.2) is 20.4 Å². The number of carbonyl (C=O) groups is 1. The van der Waals surface area contributed by atoms with E-state index in [1.807, 2.05) is 6.92 Å². The summed E-state index contributed by atoms with van der Waals surface area (Å²) in [5, 5.41) is 3.04. The Hall–Kier alpha value is -1.67. The molecule has 5 nitrogen and oxygen atoms in total. The molecule has 1 aliphatic rings. The van der Waals surface area contributed by atoms with Gasteiger partial charge in [0.05, 0.1) is 20.5 Å². The van der Waals surface area contributed by atoms with E-state index < -0.39 is 21.7 Å². The Bertz CT molecular complexity index is 1030. The van der Waals surface area contributed by atoms with Crippen LogP contribution in [0.5, 0.6) is 0 Å². The molecule has 1 aliphatic carbocycles. The summed E-state index contributed by atoms with van der Waals surface area (Å²) < 4.78 is 42.5. The first-order chi connectivity index (χ1) is 13.7. The first-order valence-corrected chi connectivity index (χ1v) is 11.5. The summed E-state index contributed by atoms with van der Waals surface area (Å²) in [7, 11) is -3.89. The molecule has 1 saturated carbocycles. The molecule has 0 heterocycles. The number of anilines is 1. The zero-order valence-corrected chi connectivity index (χ0v) is 18.0. The summed E-state index contributed by atoms with van der Waals surface area (Å²) in [6, 6.07) is 7.42. The maximum atomic E-state index is 14.3. The number of sulfonamides is 1. The van der Waals surface area contributed by atoms with Gasteiger partial charge in [-0.1, -0.05) is 43.0 Å². The molecule has 0 unspecified atom stereocenters. The van der Waals surface area contributed by atoms with E-state index >= 15 is 0 Å². The zero-order valence-electron chi connectivity index (χ0n) is 15.7. The number of amides is 1. The fourth-order valence-electron chi connectivity index (χ4n) is 3.38. The maximum absolute atomic E-state index is 14.3. The molecule has 3 rings (SSSR count). The quantitative estimate of drug-likeness (QED) is 0.642. The average Bonchev–Trinajstić information content (AvgIpc) is 2.66. The topological polar surface area (TPSA) is 75.3 Å². The van der Waals surface area contributed by atoms with Gasteiger partial charge in [0, 0.05) is 11.7 Å². The number of rotatable bonds is 5. The highest BCUT2D eigenvalue weighted by atomic mass is 35.5. The third-order valence-electron chi connectivity index (χ3n) is 5.09. The Kier molecular flexibility index (Phi) is 6.83. The second-order valence-electron chi connectivity index (χ2n) is 7.21. The van der Waals surface area contributed by atoms with E-state index in [2.05, 4.69) is 10.0 Å².